The molecule has 0 fully saturated rings. The van der Waals surface area contributed by atoms with Crippen LogP contribution in [-0.4, -0.2) is 8.42 Å². The summed E-state index contributed by atoms with van der Waals surface area (Å²) in [5.41, 5.74) is 7.90. The molecule has 0 aliphatic heterocycles. The van der Waals surface area contributed by atoms with Crippen molar-refractivity contribution in [2.45, 2.75) is 4.90 Å². The van der Waals surface area contributed by atoms with Gasteiger partial charge < -0.3 is 11.1 Å². The number of anilines is 3. The molecular weight excluding hydrogens is 250 g/mol. The van der Waals surface area contributed by atoms with E-state index in [0.717, 1.165) is 11.4 Å². The fourth-order valence-corrected chi connectivity index (χ4v) is 1.98. The maximum atomic E-state index is 11.1. The molecule has 0 saturated heterocycles. The lowest BCUT2D eigenvalue weighted by molar-refractivity contribution is 0.598. The molecule has 0 atom stereocenters. The Labute approximate surface area is 105 Å². The fraction of sp³-hybridized carbons (Fsp3) is 0. The second-order valence-corrected chi connectivity index (χ2v) is 5.38. The van der Waals surface area contributed by atoms with Crippen molar-refractivity contribution >= 4 is 27.1 Å². The molecule has 0 unspecified atom stereocenters. The summed E-state index contributed by atoms with van der Waals surface area (Å²) in [5, 5.41) is 8.13. The Morgan fingerprint density at radius 2 is 1.28 bits per heavy atom. The SMILES string of the molecule is Nc1ccc(Nc2ccc(S(N)(=O)=O)cc2)cc1. The van der Waals surface area contributed by atoms with E-state index in [0.29, 0.717) is 5.69 Å². The third-order valence-corrected chi connectivity index (χ3v) is 3.31. The maximum absolute atomic E-state index is 11.1. The third-order valence-electron chi connectivity index (χ3n) is 2.38. The molecular formula is C12H13N3O2S. The Balaban J connectivity index is 2.18. The average Bonchev–Trinajstić information content (AvgIpc) is 2.32. The van der Waals surface area contributed by atoms with Gasteiger partial charge in [0.15, 0.2) is 0 Å². The molecule has 2 aromatic rings. The minimum absolute atomic E-state index is 0.0883. The topological polar surface area (TPSA) is 98.2 Å². The van der Waals surface area contributed by atoms with Gasteiger partial charge in [-0.2, -0.15) is 0 Å². The number of nitrogens with one attached hydrogen (secondary N) is 1. The van der Waals surface area contributed by atoms with Gasteiger partial charge in [0.1, 0.15) is 0 Å². The fourth-order valence-electron chi connectivity index (χ4n) is 1.46. The zero-order valence-electron chi connectivity index (χ0n) is 9.50. The molecule has 0 heterocycles. The Bertz CT molecular complexity index is 634. The van der Waals surface area contributed by atoms with Crippen molar-refractivity contribution in [1.82, 2.24) is 0 Å². The lowest BCUT2D eigenvalue weighted by Crippen LogP contribution is -2.11. The summed E-state index contributed by atoms with van der Waals surface area (Å²) in [6.07, 6.45) is 0. The normalized spacial score (nSPS) is 11.2. The number of rotatable bonds is 3. The highest BCUT2D eigenvalue weighted by molar-refractivity contribution is 7.89. The van der Waals surface area contributed by atoms with Crippen LogP contribution in [0.3, 0.4) is 0 Å². The molecule has 0 aliphatic carbocycles. The molecule has 2 rings (SSSR count). The van der Waals surface area contributed by atoms with E-state index in [1.54, 1.807) is 24.3 Å². The van der Waals surface area contributed by atoms with Crippen molar-refractivity contribution in [2.24, 2.45) is 5.14 Å². The summed E-state index contributed by atoms with van der Waals surface area (Å²) in [5.74, 6) is 0. The van der Waals surface area contributed by atoms with Gasteiger partial charge in [0, 0.05) is 17.1 Å². The summed E-state index contributed by atoms with van der Waals surface area (Å²) in [6.45, 7) is 0. The molecule has 5 N–H and O–H groups in total. The van der Waals surface area contributed by atoms with Crippen LogP contribution in [0.2, 0.25) is 0 Å². The molecule has 2 aromatic carbocycles. The van der Waals surface area contributed by atoms with Crippen LogP contribution in [0.4, 0.5) is 17.1 Å². The summed E-state index contributed by atoms with van der Waals surface area (Å²) in [7, 11) is -3.64. The van der Waals surface area contributed by atoms with Crippen molar-refractivity contribution in [2.75, 3.05) is 11.1 Å². The minimum atomic E-state index is -3.64. The highest BCUT2D eigenvalue weighted by atomic mass is 32.2. The van der Waals surface area contributed by atoms with E-state index in [2.05, 4.69) is 5.32 Å². The first kappa shape index (κ1) is 12.4. The van der Waals surface area contributed by atoms with Gasteiger partial charge in [0.25, 0.3) is 0 Å². The summed E-state index contributed by atoms with van der Waals surface area (Å²) in [6, 6.07) is 13.4. The molecule has 0 spiro atoms. The maximum Gasteiger partial charge on any atom is 0.238 e. The van der Waals surface area contributed by atoms with Gasteiger partial charge in [0.05, 0.1) is 4.90 Å². The molecule has 94 valence electrons. The number of benzene rings is 2. The third kappa shape index (κ3) is 2.99. The van der Waals surface area contributed by atoms with Crippen molar-refractivity contribution < 1.29 is 8.42 Å². The zero-order valence-corrected chi connectivity index (χ0v) is 10.3. The largest absolute Gasteiger partial charge is 0.399 e. The number of hydrogen-bond donors (Lipinski definition) is 3. The first-order valence-electron chi connectivity index (χ1n) is 5.20. The standard InChI is InChI=1S/C12H13N3O2S/c13-9-1-3-10(4-2-9)15-11-5-7-12(8-6-11)18(14,16)17/h1-8,15H,13H2,(H2,14,16,17). The van der Waals surface area contributed by atoms with E-state index >= 15 is 0 Å². The van der Waals surface area contributed by atoms with Crippen LogP contribution in [0.5, 0.6) is 0 Å². The Kier molecular flexibility index (Phi) is 3.22. The second kappa shape index (κ2) is 4.67. The number of hydrogen-bond acceptors (Lipinski definition) is 4. The summed E-state index contributed by atoms with van der Waals surface area (Å²) in [4.78, 5) is 0.0883. The van der Waals surface area contributed by atoms with Crippen molar-refractivity contribution in [3.8, 4) is 0 Å². The van der Waals surface area contributed by atoms with E-state index < -0.39 is 10.0 Å². The first-order chi connectivity index (χ1) is 8.45. The van der Waals surface area contributed by atoms with Crippen LogP contribution < -0.4 is 16.2 Å². The number of primary sulfonamides is 1. The van der Waals surface area contributed by atoms with Crippen LogP contribution in [0.25, 0.3) is 0 Å². The lowest BCUT2D eigenvalue weighted by atomic mass is 10.2. The van der Waals surface area contributed by atoms with Crippen LogP contribution >= 0.6 is 0 Å². The van der Waals surface area contributed by atoms with Gasteiger partial charge in [-0.3, -0.25) is 0 Å². The monoisotopic (exact) mass is 263 g/mol. The van der Waals surface area contributed by atoms with E-state index in [1.807, 2.05) is 12.1 Å². The van der Waals surface area contributed by atoms with Crippen LogP contribution in [0, 0.1) is 0 Å². The highest BCUT2D eigenvalue weighted by Crippen LogP contribution is 2.19. The second-order valence-electron chi connectivity index (χ2n) is 3.82. The minimum Gasteiger partial charge on any atom is -0.399 e. The van der Waals surface area contributed by atoms with E-state index in [1.165, 1.54) is 12.1 Å². The molecule has 0 saturated carbocycles. The van der Waals surface area contributed by atoms with Gasteiger partial charge in [-0.15, -0.1) is 0 Å². The van der Waals surface area contributed by atoms with Crippen molar-refractivity contribution in [3.63, 3.8) is 0 Å². The summed E-state index contributed by atoms with van der Waals surface area (Å²) >= 11 is 0. The average molecular weight is 263 g/mol. The zero-order chi connectivity index (χ0) is 13.2. The summed E-state index contributed by atoms with van der Waals surface area (Å²) < 4.78 is 22.2. The Hall–Kier alpha value is -2.05. The van der Waals surface area contributed by atoms with E-state index in [-0.39, 0.29) is 4.90 Å². The highest BCUT2D eigenvalue weighted by Gasteiger charge is 2.06. The lowest BCUT2D eigenvalue weighted by Gasteiger charge is -2.07. The van der Waals surface area contributed by atoms with Crippen LogP contribution in [-0.2, 0) is 10.0 Å². The van der Waals surface area contributed by atoms with Gasteiger partial charge in [-0.1, -0.05) is 0 Å². The quantitative estimate of drug-likeness (QED) is 0.733. The molecule has 0 amide bonds. The van der Waals surface area contributed by atoms with Gasteiger partial charge in [0.2, 0.25) is 10.0 Å². The predicted molar refractivity (Wildman–Crippen MR) is 72.0 cm³/mol. The van der Waals surface area contributed by atoms with Gasteiger partial charge in [-0.05, 0) is 48.5 Å². The first-order valence-corrected chi connectivity index (χ1v) is 6.75. The van der Waals surface area contributed by atoms with Gasteiger partial charge >= 0.3 is 0 Å². The number of sulfonamides is 1. The molecule has 0 aliphatic rings. The Morgan fingerprint density at radius 1 is 0.833 bits per heavy atom. The molecule has 0 radical (unpaired) electrons. The van der Waals surface area contributed by atoms with Gasteiger partial charge in [-0.25, -0.2) is 13.6 Å². The molecule has 5 nitrogen and oxygen atoms in total. The van der Waals surface area contributed by atoms with Crippen molar-refractivity contribution in [1.29, 1.82) is 0 Å². The van der Waals surface area contributed by atoms with E-state index in [9.17, 15) is 8.42 Å². The molecule has 0 bridgehead atoms. The predicted octanol–water partition coefficient (Wildman–Crippen LogP) is 1.66. The van der Waals surface area contributed by atoms with E-state index in [4.69, 9.17) is 10.9 Å². The number of nitrogen functional groups attached to an aromatic ring is 1. The number of nitrogens with two attached hydrogens (primary N) is 2. The molecule has 0 aromatic heterocycles. The molecule has 6 heteroatoms. The van der Waals surface area contributed by atoms with Crippen LogP contribution in [0.15, 0.2) is 53.4 Å². The van der Waals surface area contributed by atoms with Crippen molar-refractivity contribution in [3.05, 3.63) is 48.5 Å². The van der Waals surface area contributed by atoms with Crippen LogP contribution in [0.1, 0.15) is 0 Å². The Morgan fingerprint density at radius 3 is 1.72 bits per heavy atom. The molecule has 18 heavy (non-hydrogen) atoms. The smallest absolute Gasteiger partial charge is 0.238 e.